The van der Waals surface area contributed by atoms with Crippen molar-refractivity contribution in [2.24, 2.45) is 0 Å². The lowest BCUT2D eigenvalue weighted by molar-refractivity contribution is 0.180. The van der Waals surface area contributed by atoms with E-state index >= 15 is 0 Å². The van der Waals surface area contributed by atoms with E-state index in [1.165, 1.54) is 122 Å². The minimum atomic E-state index is -0.0976. The van der Waals surface area contributed by atoms with Gasteiger partial charge in [0.1, 0.15) is 0 Å². The highest BCUT2D eigenvalue weighted by Gasteiger charge is 1.95. The fourth-order valence-electron chi connectivity index (χ4n) is 3.53. The van der Waals surface area contributed by atoms with Gasteiger partial charge in [0.25, 0.3) is 0 Å². The lowest BCUT2D eigenvalue weighted by Crippen LogP contribution is -1.98. The van der Waals surface area contributed by atoms with E-state index in [-0.39, 0.29) is 6.10 Å². The van der Waals surface area contributed by atoms with Gasteiger partial charge in [-0.1, -0.05) is 136 Å². The van der Waals surface area contributed by atoms with E-state index in [1.54, 1.807) is 0 Å². The molecule has 2 heteroatoms. The molecule has 0 heterocycles. The number of unbranched alkanes of at least 4 members (excludes halogenated alkanes) is 18. The Balaban J connectivity index is 0. The zero-order chi connectivity index (χ0) is 21.1. The summed E-state index contributed by atoms with van der Waals surface area (Å²) in [6.45, 7) is 6.78. The van der Waals surface area contributed by atoms with Gasteiger partial charge in [0.05, 0.1) is 6.10 Å². The highest BCUT2D eigenvalue weighted by Crippen LogP contribution is 2.12. The molecule has 0 rings (SSSR count). The molecule has 0 saturated heterocycles. The van der Waals surface area contributed by atoms with Crippen LogP contribution < -0.4 is 0 Å². The Morgan fingerprint density at radius 2 is 0.750 bits per heavy atom. The summed E-state index contributed by atoms with van der Waals surface area (Å²) in [6.07, 6.45) is 27.9. The molecule has 0 spiro atoms. The Labute approximate surface area is 178 Å². The van der Waals surface area contributed by atoms with Crippen molar-refractivity contribution in [1.82, 2.24) is 0 Å². The lowest BCUT2D eigenvalue weighted by Gasteiger charge is -2.03. The molecule has 172 valence electrons. The van der Waals surface area contributed by atoms with Crippen LogP contribution >= 0.6 is 0 Å². The maximum Gasteiger partial charge on any atom is 0.0512 e. The van der Waals surface area contributed by atoms with E-state index in [0.29, 0.717) is 6.61 Å². The highest BCUT2D eigenvalue weighted by molar-refractivity contribution is 4.50. The SMILES string of the molecule is CCCCCCCCCCCC(C)O.CCCCCCCCCCCCCO. The summed E-state index contributed by atoms with van der Waals surface area (Å²) in [6, 6.07) is 0. The summed E-state index contributed by atoms with van der Waals surface area (Å²) in [5.41, 5.74) is 0. The van der Waals surface area contributed by atoms with E-state index in [1.807, 2.05) is 6.92 Å². The first-order chi connectivity index (χ1) is 13.7. The standard InChI is InChI=1S/2C13H28O/c1-3-4-5-6-7-8-9-10-11-12-13(2)14;1-2-3-4-5-6-7-8-9-10-11-12-13-14/h13-14H,3-12H2,1-2H3;14H,2-13H2,1H3. The van der Waals surface area contributed by atoms with Crippen molar-refractivity contribution >= 4 is 0 Å². The number of aliphatic hydroxyl groups is 2. The summed E-state index contributed by atoms with van der Waals surface area (Å²) in [4.78, 5) is 0. The normalized spacial score (nSPS) is 11.9. The second kappa shape index (κ2) is 29.1. The van der Waals surface area contributed by atoms with E-state index < -0.39 is 0 Å². The topological polar surface area (TPSA) is 40.5 Å². The third-order valence-corrected chi connectivity index (χ3v) is 5.49. The number of hydrogen-bond acceptors (Lipinski definition) is 2. The number of rotatable bonds is 21. The van der Waals surface area contributed by atoms with Gasteiger partial charge < -0.3 is 10.2 Å². The Morgan fingerprint density at radius 1 is 0.464 bits per heavy atom. The summed E-state index contributed by atoms with van der Waals surface area (Å²) >= 11 is 0. The average Bonchev–Trinajstić information content (AvgIpc) is 2.68. The van der Waals surface area contributed by atoms with E-state index in [4.69, 9.17) is 10.2 Å². The molecule has 0 aliphatic carbocycles. The molecule has 28 heavy (non-hydrogen) atoms. The van der Waals surface area contributed by atoms with Crippen LogP contribution in [0.1, 0.15) is 156 Å². The predicted molar refractivity (Wildman–Crippen MR) is 127 cm³/mol. The minimum absolute atomic E-state index is 0.0976. The zero-order valence-corrected chi connectivity index (χ0v) is 20.0. The van der Waals surface area contributed by atoms with Crippen molar-refractivity contribution in [3.8, 4) is 0 Å². The fourth-order valence-corrected chi connectivity index (χ4v) is 3.53. The molecule has 0 radical (unpaired) electrons. The summed E-state index contributed by atoms with van der Waals surface area (Å²) in [7, 11) is 0. The van der Waals surface area contributed by atoms with Crippen LogP contribution in [0, 0.1) is 0 Å². The molecule has 0 aliphatic rings. The Hall–Kier alpha value is -0.0800. The third kappa shape index (κ3) is 33.5. The Kier molecular flexibility index (Phi) is 31.3. The van der Waals surface area contributed by atoms with Gasteiger partial charge in [-0.25, -0.2) is 0 Å². The minimum Gasteiger partial charge on any atom is -0.396 e. The van der Waals surface area contributed by atoms with Gasteiger partial charge in [-0.3, -0.25) is 0 Å². The van der Waals surface area contributed by atoms with Crippen molar-refractivity contribution in [1.29, 1.82) is 0 Å². The smallest absolute Gasteiger partial charge is 0.0512 e. The molecule has 1 atom stereocenters. The first-order valence-corrected chi connectivity index (χ1v) is 13.0. The third-order valence-electron chi connectivity index (χ3n) is 5.49. The Morgan fingerprint density at radius 3 is 1.04 bits per heavy atom. The van der Waals surface area contributed by atoms with E-state index in [0.717, 1.165) is 12.8 Å². The van der Waals surface area contributed by atoms with Crippen LogP contribution in [0.15, 0.2) is 0 Å². The average molecular weight is 401 g/mol. The van der Waals surface area contributed by atoms with Crippen LogP contribution in [-0.2, 0) is 0 Å². The molecule has 0 amide bonds. The molecule has 0 saturated carbocycles. The van der Waals surface area contributed by atoms with E-state index in [9.17, 15) is 0 Å². The van der Waals surface area contributed by atoms with Crippen molar-refractivity contribution in [2.75, 3.05) is 6.61 Å². The van der Waals surface area contributed by atoms with Gasteiger partial charge in [0.2, 0.25) is 0 Å². The molecular formula is C26H56O2. The van der Waals surface area contributed by atoms with Crippen LogP contribution in [0.4, 0.5) is 0 Å². The van der Waals surface area contributed by atoms with Gasteiger partial charge in [0, 0.05) is 6.61 Å². The molecule has 0 bridgehead atoms. The summed E-state index contributed by atoms with van der Waals surface area (Å²) < 4.78 is 0. The van der Waals surface area contributed by atoms with Crippen molar-refractivity contribution in [2.45, 2.75) is 162 Å². The maximum atomic E-state index is 9.05. The van der Waals surface area contributed by atoms with Crippen molar-refractivity contribution in [3.05, 3.63) is 0 Å². The molecule has 2 nitrogen and oxygen atoms in total. The molecule has 0 aromatic carbocycles. The number of hydrogen-bond donors (Lipinski definition) is 2. The monoisotopic (exact) mass is 400 g/mol. The lowest BCUT2D eigenvalue weighted by atomic mass is 10.1. The highest BCUT2D eigenvalue weighted by atomic mass is 16.3. The fraction of sp³-hybridized carbons (Fsp3) is 1.00. The van der Waals surface area contributed by atoms with Crippen LogP contribution in [0.5, 0.6) is 0 Å². The van der Waals surface area contributed by atoms with Crippen LogP contribution in [0.25, 0.3) is 0 Å². The molecule has 0 fully saturated rings. The first-order valence-electron chi connectivity index (χ1n) is 13.0. The molecule has 1 unspecified atom stereocenters. The summed E-state index contributed by atoms with van der Waals surface area (Å²) in [5.74, 6) is 0. The molecular weight excluding hydrogens is 344 g/mol. The molecule has 0 aromatic heterocycles. The second-order valence-corrected chi connectivity index (χ2v) is 8.73. The van der Waals surface area contributed by atoms with E-state index in [2.05, 4.69) is 13.8 Å². The molecule has 0 aliphatic heterocycles. The zero-order valence-electron chi connectivity index (χ0n) is 20.0. The first kappa shape index (κ1) is 30.1. The second-order valence-electron chi connectivity index (χ2n) is 8.73. The van der Waals surface area contributed by atoms with Crippen molar-refractivity contribution in [3.63, 3.8) is 0 Å². The molecule has 2 N–H and O–H groups in total. The largest absolute Gasteiger partial charge is 0.396 e. The maximum absolute atomic E-state index is 9.05. The summed E-state index contributed by atoms with van der Waals surface area (Å²) in [5, 5.41) is 17.6. The Bertz CT molecular complexity index is 229. The molecule has 0 aromatic rings. The predicted octanol–water partition coefficient (Wildman–Crippen LogP) is 8.58. The van der Waals surface area contributed by atoms with Crippen molar-refractivity contribution < 1.29 is 10.2 Å². The van der Waals surface area contributed by atoms with Gasteiger partial charge in [-0.15, -0.1) is 0 Å². The van der Waals surface area contributed by atoms with Crippen LogP contribution in [0.2, 0.25) is 0 Å². The van der Waals surface area contributed by atoms with Gasteiger partial charge in [-0.2, -0.15) is 0 Å². The number of aliphatic hydroxyl groups excluding tert-OH is 2. The van der Waals surface area contributed by atoms with Gasteiger partial charge in [0.15, 0.2) is 0 Å². The van der Waals surface area contributed by atoms with Crippen LogP contribution in [-0.4, -0.2) is 22.9 Å². The quantitative estimate of drug-likeness (QED) is 0.189. The van der Waals surface area contributed by atoms with Crippen LogP contribution in [0.3, 0.4) is 0 Å². The van der Waals surface area contributed by atoms with Gasteiger partial charge >= 0.3 is 0 Å². The van der Waals surface area contributed by atoms with Gasteiger partial charge in [-0.05, 0) is 19.8 Å².